The third-order valence-corrected chi connectivity index (χ3v) is 4.94. The van der Waals surface area contributed by atoms with E-state index in [2.05, 4.69) is 50.7 Å². The molecule has 0 amide bonds. The Bertz CT molecular complexity index is 565. The van der Waals surface area contributed by atoms with Crippen LogP contribution in [-0.4, -0.2) is 4.98 Å². The molecule has 18 heavy (non-hydrogen) atoms. The molecule has 0 saturated heterocycles. The molecule has 1 unspecified atom stereocenters. The van der Waals surface area contributed by atoms with Gasteiger partial charge in [-0.05, 0) is 70.8 Å². The van der Waals surface area contributed by atoms with Gasteiger partial charge >= 0.3 is 0 Å². The summed E-state index contributed by atoms with van der Waals surface area (Å²) in [5.41, 5.74) is 2.63. The molecular formula is C14H15BrN2S. The van der Waals surface area contributed by atoms with Gasteiger partial charge < -0.3 is 5.32 Å². The van der Waals surface area contributed by atoms with Gasteiger partial charge in [0.15, 0.2) is 0 Å². The van der Waals surface area contributed by atoms with Crippen LogP contribution in [0.5, 0.6) is 0 Å². The van der Waals surface area contributed by atoms with Crippen LogP contribution in [0.1, 0.15) is 34.9 Å². The fourth-order valence-corrected chi connectivity index (χ4v) is 4.01. The first-order valence-electron chi connectivity index (χ1n) is 6.19. The second-order valence-corrected chi connectivity index (χ2v) is 6.59. The number of anilines is 1. The summed E-state index contributed by atoms with van der Waals surface area (Å²) in [6, 6.07) is 4.76. The molecule has 0 radical (unpaired) electrons. The molecule has 4 heteroatoms. The summed E-state index contributed by atoms with van der Waals surface area (Å²) in [6.07, 6.45) is 5.58. The summed E-state index contributed by atoms with van der Waals surface area (Å²) in [4.78, 5) is 6.00. The Balaban J connectivity index is 1.86. The zero-order valence-electron chi connectivity index (χ0n) is 10.2. The number of nitrogens with zero attached hydrogens (tertiary/aromatic N) is 1. The lowest BCUT2D eigenvalue weighted by atomic mass is 9.94. The minimum Gasteiger partial charge on any atom is -0.362 e. The van der Waals surface area contributed by atoms with Crippen LogP contribution in [0.25, 0.3) is 0 Å². The first-order chi connectivity index (χ1) is 8.74. The molecule has 0 saturated carbocycles. The molecule has 2 aromatic rings. The Hall–Kier alpha value is -0.870. The minimum atomic E-state index is 0.409. The van der Waals surface area contributed by atoms with E-state index in [9.17, 15) is 0 Å². The van der Waals surface area contributed by atoms with E-state index in [4.69, 9.17) is 0 Å². The summed E-state index contributed by atoms with van der Waals surface area (Å²) >= 11 is 5.46. The normalized spacial score (nSPS) is 18.4. The maximum absolute atomic E-state index is 4.47. The molecule has 2 nitrogen and oxygen atoms in total. The number of rotatable bonds is 2. The number of pyridine rings is 1. The number of thiophene rings is 1. The van der Waals surface area contributed by atoms with Crippen molar-refractivity contribution >= 4 is 33.1 Å². The van der Waals surface area contributed by atoms with Crippen molar-refractivity contribution in [3.63, 3.8) is 0 Å². The van der Waals surface area contributed by atoms with Gasteiger partial charge in [0.25, 0.3) is 0 Å². The number of halogens is 1. The van der Waals surface area contributed by atoms with Crippen LogP contribution in [0.3, 0.4) is 0 Å². The van der Waals surface area contributed by atoms with Gasteiger partial charge in [0.2, 0.25) is 0 Å². The van der Waals surface area contributed by atoms with E-state index in [0.717, 1.165) is 10.3 Å². The standard InChI is InChI=1S/C14H15BrN2S/c1-9-7-11(15)14(16-8-9)17-12-3-2-4-13-10(12)5-6-18-13/h5-8,12H,2-4H2,1H3,(H,16,17). The SMILES string of the molecule is Cc1cnc(NC2CCCc3sccc32)c(Br)c1. The van der Waals surface area contributed by atoms with Gasteiger partial charge in [-0.1, -0.05) is 0 Å². The van der Waals surface area contributed by atoms with E-state index in [-0.39, 0.29) is 0 Å². The van der Waals surface area contributed by atoms with E-state index >= 15 is 0 Å². The number of aryl methyl sites for hydroxylation is 2. The highest BCUT2D eigenvalue weighted by Gasteiger charge is 2.21. The summed E-state index contributed by atoms with van der Waals surface area (Å²) in [6.45, 7) is 2.05. The zero-order valence-corrected chi connectivity index (χ0v) is 12.6. The Morgan fingerprint density at radius 2 is 2.39 bits per heavy atom. The summed E-state index contributed by atoms with van der Waals surface area (Å²) in [5.74, 6) is 0.949. The van der Waals surface area contributed by atoms with Crippen LogP contribution >= 0.6 is 27.3 Å². The summed E-state index contributed by atoms with van der Waals surface area (Å²) in [5, 5.41) is 5.76. The molecule has 1 aliphatic carbocycles. The molecule has 3 rings (SSSR count). The highest BCUT2D eigenvalue weighted by Crippen LogP contribution is 2.36. The lowest BCUT2D eigenvalue weighted by molar-refractivity contribution is 0.606. The first kappa shape index (κ1) is 12.2. The second-order valence-electron chi connectivity index (χ2n) is 4.73. The fraction of sp³-hybridized carbons (Fsp3) is 0.357. The van der Waals surface area contributed by atoms with E-state index in [1.54, 1.807) is 0 Å². The van der Waals surface area contributed by atoms with Crippen molar-refractivity contribution in [3.8, 4) is 0 Å². The molecule has 0 bridgehead atoms. The molecule has 0 aliphatic heterocycles. The van der Waals surface area contributed by atoms with Gasteiger partial charge in [-0.3, -0.25) is 0 Å². The van der Waals surface area contributed by atoms with Crippen molar-refractivity contribution in [2.75, 3.05) is 5.32 Å². The largest absolute Gasteiger partial charge is 0.362 e. The Morgan fingerprint density at radius 1 is 1.50 bits per heavy atom. The van der Waals surface area contributed by atoms with Crippen molar-refractivity contribution in [3.05, 3.63) is 44.2 Å². The predicted molar refractivity (Wildman–Crippen MR) is 80.3 cm³/mol. The molecular weight excluding hydrogens is 308 g/mol. The second kappa shape index (κ2) is 5.02. The Labute approximate surface area is 120 Å². The average molecular weight is 323 g/mol. The van der Waals surface area contributed by atoms with Crippen molar-refractivity contribution in [2.24, 2.45) is 0 Å². The van der Waals surface area contributed by atoms with E-state index in [0.29, 0.717) is 6.04 Å². The van der Waals surface area contributed by atoms with E-state index in [1.807, 2.05) is 17.5 Å². The molecule has 94 valence electrons. The first-order valence-corrected chi connectivity index (χ1v) is 7.86. The van der Waals surface area contributed by atoms with Crippen LogP contribution < -0.4 is 5.32 Å². The molecule has 1 aliphatic rings. The number of hydrogen-bond donors (Lipinski definition) is 1. The lowest BCUT2D eigenvalue weighted by Crippen LogP contribution is -2.16. The van der Waals surface area contributed by atoms with Crippen LogP contribution in [0.4, 0.5) is 5.82 Å². The average Bonchev–Trinajstić information content (AvgIpc) is 2.82. The predicted octanol–water partition coefficient (Wildman–Crippen LogP) is 4.70. The van der Waals surface area contributed by atoms with Crippen molar-refractivity contribution in [1.82, 2.24) is 4.98 Å². The van der Waals surface area contributed by atoms with Gasteiger partial charge in [0.05, 0.1) is 10.5 Å². The number of hydrogen-bond acceptors (Lipinski definition) is 3. The lowest BCUT2D eigenvalue weighted by Gasteiger charge is -2.24. The van der Waals surface area contributed by atoms with Crippen LogP contribution in [0.15, 0.2) is 28.2 Å². The van der Waals surface area contributed by atoms with E-state index < -0.39 is 0 Å². The molecule has 2 aromatic heterocycles. The van der Waals surface area contributed by atoms with Gasteiger partial charge in [-0.2, -0.15) is 0 Å². The van der Waals surface area contributed by atoms with Crippen LogP contribution in [-0.2, 0) is 6.42 Å². The maximum Gasteiger partial charge on any atom is 0.140 e. The van der Waals surface area contributed by atoms with Gasteiger partial charge in [0.1, 0.15) is 5.82 Å². The zero-order chi connectivity index (χ0) is 12.5. The Kier molecular flexibility index (Phi) is 3.39. The van der Waals surface area contributed by atoms with Crippen molar-refractivity contribution in [2.45, 2.75) is 32.2 Å². The fourth-order valence-electron chi connectivity index (χ4n) is 2.44. The van der Waals surface area contributed by atoms with Gasteiger partial charge in [-0.25, -0.2) is 4.98 Å². The Morgan fingerprint density at radius 3 is 3.22 bits per heavy atom. The van der Waals surface area contributed by atoms with Crippen molar-refractivity contribution < 1.29 is 0 Å². The third kappa shape index (κ3) is 2.31. The summed E-state index contributed by atoms with van der Waals surface area (Å²) in [7, 11) is 0. The quantitative estimate of drug-likeness (QED) is 0.866. The van der Waals surface area contributed by atoms with Crippen LogP contribution in [0, 0.1) is 6.92 Å². The highest BCUT2D eigenvalue weighted by atomic mass is 79.9. The molecule has 1 atom stereocenters. The summed E-state index contributed by atoms with van der Waals surface area (Å²) < 4.78 is 1.05. The number of nitrogens with one attached hydrogen (secondary N) is 1. The highest BCUT2D eigenvalue weighted by molar-refractivity contribution is 9.10. The topological polar surface area (TPSA) is 24.9 Å². The molecule has 0 spiro atoms. The number of fused-ring (bicyclic) bond motifs is 1. The molecule has 0 fully saturated rings. The van der Waals surface area contributed by atoms with Gasteiger partial charge in [-0.15, -0.1) is 11.3 Å². The van der Waals surface area contributed by atoms with Crippen molar-refractivity contribution in [1.29, 1.82) is 0 Å². The molecule has 1 N–H and O–H groups in total. The maximum atomic E-state index is 4.47. The minimum absolute atomic E-state index is 0.409. The van der Waals surface area contributed by atoms with E-state index in [1.165, 1.54) is 35.3 Å². The smallest absolute Gasteiger partial charge is 0.140 e. The molecule has 0 aromatic carbocycles. The molecule has 2 heterocycles. The number of aromatic nitrogens is 1. The monoisotopic (exact) mass is 322 g/mol. The third-order valence-electron chi connectivity index (χ3n) is 3.34. The van der Waals surface area contributed by atoms with Gasteiger partial charge in [0, 0.05) is 11.1 Å². The van der Waals surface area contributed by atoms with Crippen LogP contribution in [0.2, 0.25) is 0 Å².